The van der Waals surface area contributed by atoms with Crippen LogP contribution in [0.4, 0.5) is 0 Å². The van der Waals surface area contributed by atoms with E-state index in [0.717, 1.165) is 11.3 Å². The average Bonchev–Trinajstić information content (AvgIpc) is 2.92. The number of benzene rings is 2. The lowest BCUT2D eigenvalue weighted by molar-refractivity contribution is 0.415. The topological polar surface area (TPSA) is 51.0 Å². The number of hydrogen-bond acceptors (Lipinski definition) is 2. The largest absolute Gasteiger partial charge is 0.497 e. The number of aromatic amines is 1. The second-order valence-corrected chi connectivity index (χ2v) is 4.85. The lowest BCUT2D eigenvalue weighted by Gasteiger charge is -2.15. The van der Waals surface area contributed by atoms with E-state index in [9.17, 15) is 0 Å². The van der Waals surface area contributed by atoms with E-state index in [2.05, 4.69) is 29.4 Å². The monoisotopic (exact) mass is 266 g/mol. The molecule has 1 heterocycles. The number of fused-ring (bicyclic) bond motifs is 1. The molecule has 1 aromatic heterocycles. The molecule has 0 aliphatic heterocycles. The first-order chi connectivity index (χ1) is 9.83. The molecule has 0 amide bonds. The maximum atomic E-state index is 6.01. The van der Waals surface area contributed by atoms with Gasteiger partial charge in [-0.3, -0.25) is 0 Å². The van der Waals surface area contributed by atoms with E-state index in [0.29, 0.717) is 6.54 Å². The van der Waals surface area contributed by atoms with Crippen LogP contribution in [0.25, 0.3) is 10.9 Å². The fraction of sp³-hybridized carbons (Fsp3) is 0.176. The predicted molar refractivity (Wildman–Crippen MR) is 82.2 cm³/mol. The number of methoxy groups -OCH3 is 1. The van der Waals surface area contributed by atoms with Crippen molar-refractivity contribution < 1.29 is 4.74 Å². The maximum absolute atomic E-state index is 6.01. The minimum atomic E-state index is 0.192. The van der Waals surface area contributed by atoms with Crippen LogP contribution in [0.1, 0.15) is 17.0 Å². The maximum Gasteiger partial charge on any atom is 0.119 e. The van der Waals surface area contributed by atoms with Crippen molar-refractivity contribution in [1.29, 1.82) is 0 Å². The second kappa shape index (κ2) is 5.39. The smallest absolute Gasteiger partial charge is 0.119 e. The summed E-state index contributed by atoms with van der Waals surface area (Å²) >= 11 is 0. The molecule has 102 valence electrons. The van der Waals surface area contributed by atoms with Gasteiger partial charge in [-0.25, -0.2) is 0 Å². The molecule has 0 saturated heterocycles. The summed E-state index contributed by atoms with van der Waals surface area (Å²) in [5.74, 6) is 1.05. The Hall–Kier alpha value is -2.26. The van der Waals surface area contributed by atoms with Crippen molar-refractivity contribution in [2.24, 2.45) is 5.73 Å². The van der Waals surface area contributed by atoms with Crippen LogP contribution in [0.3, 0.4) is 0 Å². The third-order valence-electron chi connectivity index (χ3n) is 3.73. The van der Waals surface area contributed by atoms with Gasteiger partial charge in [-0.15, -0.1) is 0 Å². The predicted octanol–water partition coefficient (Wildman–Crippen LogP) is 3.27. The van der Waals surface area contributed by atoms with Gasteiger partial charge in [0.2, 0.25) is 0 Å². The molecule has 3 aromatic rings. The summed E-state index contributed by atoms with van der Waals surface area (Å²) in [6, 6.07) is 16.4. The van der Waals surface area contributed by atoms with E-state index in [4.69, 9.17) is 10.5 Å². The summed E-state index contributed by atoms with van der Waals surface area (Å²) in [6.45, 7) is 0.578. The molecule has 2 aromatic carbocycles. The Morgan fingerprint density at radius 2 is 1.95 bits per heavy atom. The Morgan fingerprint density at radius 1 is 1.15 bits per heavy atom. The van der Waals surface area contributed by atoms with E-state index in [1.807, 2.05) is 30.3 Å². The summed E-state index contributed by atoms with van der Waals surface area (Å²) < 4.78 is 5.32. The third kappa shape index (κ3) is 2.17. The van der Waals surface area contributed by atoms with Gasteiger partial charge in [0, 0.05) is 29.6 Å². The van der Waals surface area contributed by atoms with E-state index < -0.39 is 0 Å². The van der Waals surface area contributed by atoms with Crippen molar-refractivity contribution in [3.05, 3.63) is 65.9 Å². The van der Waals surface area contributed by atoms with Gasteiger partial charge in [-0.2, -0.15) is 0 Å². The first-order valence-corrected chi connectivity index (χ1v) is 6.73. The number of rotatable bonds is 4. The standard InChI is InChI=1S/C17H18N2O/c1-20-13-7-8-17-14(9-13)16(11-19-17)15(10-18)12-5-3-2-4-6-12/h2-9,11,15,19H,10,18H2,1H3/t15-/m0/s1. The van der Waals surface area contributed by atoms with Gasteiger partial charge in [0.15, 0.2) is 0 Å². The summed E-state index contributed by atoms with van der Waals surface area (Å²) in [5, 5.41) is 1.17. The van der Waals surface area contributed by atoms with E-state index in [1.165, 1.54) is 16.5 Å². The molecule has 0 radical (unpaired) electrons. The number of nitrogens with two attached hydrogens (primary N) is 1. The SMILES string of the molecule is COc1ccc2[nH]cc([C@@H](CN)c3ccccc3)c2c1. The minimum absolute atomic E-state index is 0.192. The van der Waals surface area contributed by atoms with Crippen LogP contribution in [0.5, 0.6) is 5.75 Å². The van der Waals surface area contributed by atoms with Crippen LogP contribution in [-0.4, -0.2) is 18.6 Å². The van der Waals surface area contributed by atoms with Crippen LogP contribution in [0.15, 0.2) is 54.7 Å². The molecule has 0 fully saturated rings. The molecule has 0 aliphatic carbocycles. The molecule has 1 atom stereocenters. The molecule has 3 nitrogen and oxygen atoms in total. The highest BCUT2D eigenvalue weighted by atomic mass is 16.5. The van der Waals surface area contributed by atoms with Crippen molar-refractivity contribution >= 4 is 10.9 Å². The zero-order chi connectivity index (χ0) is 13.9. The Labute approximate surface area is 118 Å². The quantitative estimate of drug-likeness (QED) is 0.761. The minimum Gasteiger partial charge on any atom is -0.497 e. The molecule has 3 rings (SSSR count). The molecule has 0 aliphatic rings. The number of aromatic nitrogens is 1. The van der Waals surface area contributed by atoms with Gasteiger partial charge in [0.1, 0.15) is 5.75 Å². The van der Waals surface area contributed by atoms with E-state index in [1.54, 1.807) is 7.11 Å². The van der Waals surface area contributed by atoms with E-state index in [-0.39, 0.29) is 5.92 Å². The molecular formula is C17H18N2O. The fourth-order valence-electron chi connectivity index (χ4n) is 2.66. The average molecular weight is 266 g/mol. The van der Waals surface area contributed by atoms with Crippen LogP contribution in [-0.2, 0) is 0 Å². The second-order valence-electron chi connectivity index (χ2n) is 4.85. The Balaban J connectivity index is 2.12. The summed E-state index contributed by atoms with van der Waals surface area (Å²) in [4.78, 5) is 3.31. The van der Waals surface area contributed by atoms with Crippen molar-refractivity contribution in [3.63, 3.8) is 0 Å². The summed E-state index contributed by atoms with van der Waals surface area (Å²) in [7, 11) is 1.69. The zero-order valence-corrected chi connectivity index (χ0v) is 11.5. The van der Waals surface area contributed by atoms with Crippen molar-refractivity contribution in [3.8, 4) is 5.75 Å². The van der Waals surface area contributed by atoms with Gasteiger partial charge in [0.05, 0.1) is 7.11 Å². The van der Waals surface area contributed by atoms with Gasteiger partial charge < -0.3 is 15.5 Å². The number of nitrogens with one attached hydrogen (secondary N) is 1. The summed E-state index contributed by atoms with van der Waals surface area (Å²) in [6.07, 6.45) is 2.05. The van der Waals surface area contributed by atoms with Gasteiger partial charge in [-0.05, 0) is 29.3 Å². The highest BCUT2D eigenvalue weighted by Crippen LogP contribution is 2.32. The molecule has 3 heteroatoms. The Morgan fingerprint density at radius 3 is 2.65 bits per heavy atom. The normalized spacial score (nSPS) is 12.5. The molecule has 20 heavy (non-hydrogen) atoms. The molecule has 0 bridgehead atoms. The molecule has 0 spiro atoms. The number of ether oxygens (including phenoxy) is 1. The molecule has 0 saturated carbocycles. The molecular weight excluding hydrogens is 248 g/mol. The van der Waals surface area contributed by atoms with Gasteiger partial charge in [0.25, 0.3) is 0 Å². The lowest BCUT2D eigenvalue weighted by Crippen LogP contribution is -2.13. The first kappa shape index (κ1) is 12.8. The number of H-pyrrole nitrogens is 1. The first-order valence-electron chi connectivity index (χ1n) is 6.73. The van der Waals surface area contributed by atoms with Gasteiger partial charge >= 0.3 is 0 Å². The Bertz CT molecular complexity index is 703. The molecule has 3 N–H and O–H groups in total. The highest BCUT2D eigenvalue weighted by molar-refractivity contribution is 5.85. The zero-order valence-electron chi connectivity index (χ0n) is 11.5. The highest BCUT2D eigenvalue weighted by Gasteiger charge is 2.16. The van der Waals surface area contributed by atoms with Gasteiger partial charge in [-0.1, -0.05) is 30.3 Å². The van der Waals surface area contributed by atoms with Crippen molar-refractivity contribution in [2.75, 3.05) is 13.7 Å². The van der Waals surface area contributed by atoms with Crippen molar-refractivity contribution in [2.45, 2.75) is 5.92 Å². The van der Waals surface area contributed by atoms with Crippen LogP contribution >= 0.6 is 0 Å². The van der Waals surface area contributed by atoms with Crippen LogP contribution < -0.4 is 10.5 Å². The number of hydrogen-bond donors (Lipinski definition) is 2. The third-order valence-corrected chi connectivity index (χ3v) is 3.73. The van der Waals surface area contributed by atoms with E-state index >= 15 is 0 Å². The summed E-state index contributed by atoms with van der Waals surface area (Å²) in [5.41, 5.74) is 9.57. The fourth-order valence-corrected chi connectivity index (χ4v) is 2.66. The van der Waals surface area contributed by atoms with Crippen LogP contribution in [0, 0.1) is 0 Å². The van der Waals surface area contributed by atoms with Crippen LogP contribution in [0.2, 0.25) is 0 Å². The Kier molecular flexibility index (Phi) is 3.44. The lowest BCUT2D eigenvalue weighted by atomic mass is 9.91. The van der Waals surface area contributed by atoms with Crippen molar-refractivity contribution in [1.82, 2.24) is 4.98 Å². The molecule has 0 unspecified atom stereocenters.